The zero-order chi connectivity index (χ0) is 49.7. The summed E-state index contributed by atoms with van der Waals surface area (Å²) in [5.74, 6) is -16.3. The number of benzene rings is 5. The molecule has 5 aromatic rings. The van der Waals surface area contributed by atoms with Crippen molar-refractivity contribution in [3.63, 3.8) is 0 Å². The van der Waals surface area contributed by atoms with Crippen LogP contribution >= 0.6 is 0 Å². The predicted molar refractivity (Wildman–Crippen MR) is 231 cm³/mol. The van der Waals surface area contributed by atoms with E-state index >= 15 is 0 Å². The highest BCUT2D eigenvalue weighted by Gasteiger charge is 2.34. The Balaban J connectivity index is 1.39. The largest absolute Gasteiger partial charge is 0.497 e. The summed E-state index contributed by atoms with van der Waals surface area (Å²) in [6.45, 7) is 5.94. The lowest BCUT2D eigenvalue weighted by atomic mass is 10.0. The number of amides is 3. The summed E-state index contributed by atoms with van der Waals surface area (Å²) in [5.41, 5.74) is 0.364. The zero-order valence-electron chi connectivity index (χ0n) is 37.4. The van der Waals surface area contributed by atoms with Gasteiger partial charge in [0.15, 0.2) is 17.5 Å². The Morgan fingerprint density at radius 3 is 1.78 bits per heavy atom. The minimum absolute atomic E-state index is 0.0338. The first-order valence-corrected chi connectivity index (χ1v) is 20.6. The Bertz CT molecular complexity index is 2570. The van der Waals surface area contributed by atoms with Crippen molar-refractivity contribution in [1.82, 2.24) is 16.0 Å². The van der Waals surface area contributed by atoms with Crippen LogP contribution < -0.4 is 34.9 Å². The lowest BCUT2D eigenvalue weighted by Gasteiger charge is -2.24. The summed E-state index contributed by atoms with van der Waals surface area (Å²) in [5, 5.41) is 7.41. The average molecular weight is 952 g/mol. The van der Waals surface area contributed by atoms with Gasteiger partial charge in [0, 0.05) is 6.42 Å². The number of carbonyl (C=O) groups is 5. The fourth-order valence-corrected chi connectivity index (χ4v) is 6.21. The third-order valence-electron chi connectivity index (χ3n) is 9.45. The molecule has 15 nitrogen and oxygen atoms in total. The van der Waals surface area contributed by atoms with Crippen molar-refractivity contribution in [2.45, 2.75) is 64.4 Å². The van der Waals surface area contributed by atoms with E-state index in [1.807, 2.05) is 0 Å². The summed E-state index contributed by atoms with van der Waals surface area (Å²) in [6, 6.07) is 20.4. The van der Waals surface area contributed by atoms with Crippen LogP contribution in [0.1, 0.15) is 62.0 Å². The standard InChI is InChI=1S/C48H46F5N3O12/c1-7-64-45(59)41(55-43(57)40(28-15-20-30(62-5)21-16-28)56-46(60)65-25-27-11-9-8-10-12-27)29-17-22-33(63-6)34(24-29)66-31-18-13-26(14-19-31)23-32(54-47(61)68-48(2,3)4)44(58)67-42-38(52)36(50)35(49)37(51)39(42)53/h8-22,24,32,40-41H,7,23,25H2,1-6H3,(H,54,61)(H,55,57)(H,56,60)/t32-,40+,41-/m1/s1. The quantitative estimate of drug-likeness (QED) is 0.0190. The summed E-state index contributed by atoms with van der Waals surface area (Å²) in [7, 11) is 2.81. The van der Waals surface area contributed by atoms with Gasteiger partial charge in [-0.15, -0.1) is 0 Å². The number of carbonyl (C=O) groups excluding carboxylic acids is 5. The zero-order valence-corrected chi connectivity index (χ0v) is 37.4. The molecule has 3 amide bonds. The minimum atomic E-state index is -2.47. The molecule has 5 rings (SSSR count). The molecule has 0 saturated carbocycles. The van der Waals surface area contributed by atoms with Crippen LogP contribution in [0.5, 0.6) is 28.7 Å². The Morgan fingerprint density at radius 1 is 0.588 bits per heavy atom. The van der Waals surface area contributed by atoms with Gasteiger partial charge in [0.25, 0.3) is 0 Å². The van der Waals surface area contributed by atoms with E-state index in [1.165, 1.54) is 77.5 Å². The molecule has 68 heavy (non-hydrogen) atoms. The van der Waals surface area contributed by atoms with Gasteiger partial charge >= 0.3 is 24.1 Å². The van der Waals surface area contributed by atoms with Crippen molar-refractivity contribution in [3.8, 4) is 28.7 Å². The normalized spacial score (nSPS) is 12.3. The van der Waals surface area contributed by atoms with E-state index in [9.17, 15) is 45.9 Å². The number of hydrogen-bond donors (Lipinski definition) is 3. The number of nitrogens with one attached hydrogen (secondary N) is 3. The third kappa shape index (κ3) is 13.6. The summed E-state index contributed by atoms with van der Waals surface area (Å²) in [4.78, 5) is 66.6. The molecule has 0 saturated heterocycles. The molecular formula is C48H46F5N3O12. The fraction of sp³-hybridized carbons (Fsp3) is 0.271. The van der Waals surface area contributed by atoms with E-state index in [2.05, 4.69) is 20.7 Å². The molecule has 0 aromatic heterocycles. The van der Waals surface area contributed by atoms with Crippen LogP contribution in [0.2, 0.25) is 0 Å². The van der Waals surface area contributed by atoms with Gasteiger partial charge in [0.1, 0.15) is 35.8 Å². The highest BCUT2D eigenvalue weighted by molar-refractivity contribution is 5.91. The molecule has 0 aliphatic rings. The van der Waals surface area contributed by atoms with Crippen molar-refractivity contribution < 1.29 is 79.1 Å². The topological polar surface area (TPSA) is 186 Å². The lowest BCUT2D eigenvalue weighted by molar-refractivity contribution is -0.147. The summed E-state index contributed by atoms with van der Waals surface area (Å²) in [6.07, 6.45) is -2.55. The Hall–Kier alpha value is -7.90. The monoisotopic (exact) mass is 951 g/mol. The van der Waals surface area contributed by atoms with Crippen molar-refractivity contribution in [1.29, 1.82) is 0 Å². The number of hydrogen-bond acceptors (Lipinski definition) is 12. The van der Waals surface area contributed by atoms with E-state index in [-0.39, 0.29) is 41.6 Å². The van der Waals surface area contributed by atoms with Crippen LogP contribution in [0.25, 0.3) is 0 Å². The number of rotatable bonds is 18. The van der Waals surface area contributed by atoms with Crippen LogP contribution in [0, 0.1) is 29.1 Å². The van der Waals surface area contributed by atoms with Crippen LogP contribution in [0.15, 0.2) is 97.1 Å². The first-order valence-electron chi connectivity index (χ1n) is 20.6. The number of halogens is 5. The second kappa shape index (κ2) is 23.0. The number of esters is 2. The Morgan fingerprint density at radius 2 is 1.19 bits per heavy atom. The molecule has 0 fully saturated rings. The summed E-state index contributed by atoms with van der Waals surface area (Å²) < 4.78 is 108. The molecule has 3 atom stereocenters. The molecule has 0 spiro atoms. The molecule has 360 valence electrons. The van der Waals surface area contributed by atoms with Crippen LogP contribution in [-0.2, 0) is 41.6 Å². The maximum absolute atomic E-state index is 14.4. The van der Waals surface area contributed by atoms with E-state index in [0.29, 0.717) is 16.9 Å². The van der Waals surface area contributed by atoms with Crippen LogP contribution in [0.3, 0.4) is 0 Å². The Kier molecular flexibility index (Phi) is 17.3. The summed E-state index contributed by atoms with van der Waals surface area (Å²) >= 11 is 0. The highest BCUT2D eigenvalue weighted by atomic mass is 19.2. The molecule has 20 heteroatoms. The smallest absolute Gasteiger partial charge is 0.408 e. The first kappa shape index (κ1) is 51.1. The molecule has 3 N–H and O–H groups in total. The third-order valence-corrected chi connectivity index (χ3v) is 9.45. The SMILES string of the molecule is CCOC(=O)[C@H](NC(=O)[C@@H](NC(=O)OCc1ccccc1)c1ccc(OC)cc1)c1ccc(OC)c(Oc2ccc(C[C@@H](NC(=O)OC(C)(C)C)C(=O)Oc3c(F)c(F)c(F)c(F)c3F)cc2)c1. The van der Waals surface area contributed by atoms with Gasteiger partial charge in [0.05, 0.1) is 20.8 Å². The molecule has 0 aliphatic heterocycles. The molecule has 0 aliphatic carbocycles. The maximum atomic E-state index is 14.4. The van der Waals surface area contributed by atoms with Gasteiger partial charge in [-0.2, -0.15) is 8.78 Å². The lowest BCUT2D eigenvalue weighted by Crippen LogP contribution is -2.46. The van der Waals surface area contributed by atoms with Crippen LogP contribution in [0.4, 0.5) is 31.5 Å². The molecule has 0 radical (unpaired) electrons. The number of ether oxygens (including phenoxy) is 7. The van der Waals surface area contributed by atoms with Gasteiger partial charge in [-0.25, -0.2) is 32.3 Å². The van der Waals surface area contributed by atoms with E-state index in [4.69, 9.17) is 28.4 Å². The first-order chi connectivity index (χ1) is 32.3. The number of alkyl carbamates (subject to hydrolysis) is 2. The van der Waals surface area contributed by atoms with Crippen molar-refractivity contribution in [2.24, 2.45) is 0 Å². The molecule has 5 aromatic carbocycles. The molecular weight excluding hydrogens is 906 g/mol. The number of methoxy groups -OCH3 is 2. The van der Waals surface area contributed by atoms with Crippen molar-refractivity contribution in [2.75, 3.05) is 20.8 Å². The second-order valence-electron chi connectivity index (χ2n) is 15.5. The van der Waals surface area contributed by atoms with Gasteiger partial charge in [0.2, 0.25) is 40.7 Å². The van der Waals surface area contributed by atoms with Crippen molar-refractivity contribution in [3.05, 3.63) is 148 Å². The molecule has 0 bridgehead atoms. The second-order valence-corrected chi connectivity index (χ2v) is 15.5. The van der Waals surface area contributed by atoms with Crippen molar-refractivity contribution >= 4 is 30.0 Å². The van der Waals surface area contributed by atoms with E-state index < -0.39 is 95.0 Å². The van der Waals surface area contributed by atoms with Gasteiger partial charge in [-0.3, -0.25) is 4.79 Å². The average Bonchev–Trinajstić information content (AvgIpc) is 3.32. The van der Waals surface area contributed by atoms with E-state index in [1.54, 1.807) is 61.5 Å². The van der Waals surface area contributed by atoms with Gasteiger partial charge < -0.3 is 49.1 Å². The fourth-order valence-electron chi connectivity index (χ4n) is 6.21. The highest BCUT2D eigenvalue weighted by Crippen LogP contribution is 2.35. The minimum Gasteiger partial charge on any atom is -0.497 e. The van der Waals surface area contributed by atoms with Gasteiger partial charge in [-0.1, -0.05) is 60.7 Å². The Labute approximate surface area is 386 Å². The maximum Gasteiger partial charge on any atom is 0.408 e. The molecule has 0 heterocycles. The molecule has 0 unspecified atom stereocenters. The predicted octanol–water partition coefficient (Wildman–Crippen LogP) is 8.62. The van der Waals surface area contributed by atoms with Gasteiger partial charge in [-0.05, 0) is 86.3 Å². The van der Waals surface area contributed by atoms with Crippen LogP contribution in [-0.4, -0.2) is 62.5 Å². The van der Waals surface area contributed by atoms with E-state index in [0.717, 1.165) is 0 Å².